The Kier molecular flexibility index (Phi) is 7.11. The highest BCUT2D eigenvalue weighted by Gasteiger charge is 2.45. The summed E-state index contributed by atoms with van der Waals surface area (Å²) in [4.78, 5) is 0. The monoisotopic (exact) mass is 667 g/mol. The lowest BCUT2D eigenvalue weighted by molar-refractivity contribution is 0.434. The molecule has 8 aromatic rings. The molecule has 2 nitrogen and oxygen atoms in total. The van der Waals surface area contributed by atoms with E-state index in [0.29, 0.717) is 5.92 Å². The van der Waals surface area contributed by atoms with E-state index in [-0.39, 0.29) is 0 Å². The van der Waals surface area contributed by atoms with Gasteiger partial charge in [0.25, 0.3) is 0 Å². The summed E-state index contributed by atoms with van der Waals surface area (Å²) in [5, 5.41) is 2.56. The summed E-state index contributed by atoms with van der Waals surface area (Å²) >= 11 is 0. The van der Waals surface area contributed by atoms with Crippen molar-refractivity contribution in [3.05, 3.63) is 210 Å². The number of benzene rings is 7. The molecule has 0 bridgehead atoms. The highest BCUT2D eigenvalue weighted by atomic mass is 16.5. The van der Waals surface area contributed by atoms with E-state index in [1.54, 1.807) is 0 Å². The Hall–Kier alpha value is -6.38. The summed E-state index contributed by atoms with van der Waals surface area (Å²) in [6.07, 6.45) is 8.06. The molecule has 2 aliphatic rings. The summed E-state index contributed by atoms with van der Waals surface area (Å²) in [5.41, 5.74) is 12.7. The second-order valence-corrected chi connectivity index (χ2v) is 14.1. The number of fused-ring (bicyclic) bond motifs is 5. The maximum absolute atomic E-state index is 6.66. The van der Waals surface area contributed by atoms with Gasteiger partial charge in [-0.05, 0) is 70.5 Å². The highest BCUT2D eigenvalue weighted by Crippen LogP contribution is 2.56. The third-order valence-corrected chi connectivity index (χ3v) is 11.1. The quantitative estimate of drug-likeness (QED) is 0.178. The lowest BCUT2D eigenvalue weighted by atomic mass is 9.63. The van der Waals surface area contributed by atoms with Crippen molar-refractivity contribution >= 4 is 27.5 Å². The first kappa shape index (κ1) is 30.4. The molecule has 0 fully saturated rings. The molecule has 0 N–H and O–H groups in total. The van der Waals surface area contributed by atoms with E-state index < -0.39 is 5.41 Å². The number of allylic oxidation sites excluding steroid dienone is 4. The second kappa shape index (κ2) is 12.1. The Labute approximate surface area is 304 Å². The topological polar surface area (TPSA) is 14.2 Å². The average Bonchev–Trinajstić information content (AvgIpc) is 3.55. The molecule has 0 spiro atoms. The first-order valence-electron chi connectivity index (χ1n) is 18.2. The van der Waals surface area contributed by atoms with Crippen LogP contribution in [0.5, 0.6) is 11.5 Å². The molecule has 1 unspecified atom stereocenters. The Morgan fingerprint density at radius 2 is 1.19 bits per heavy atom. The normalized spacial score (nSPS) is 15.9. The number of nitrogens with zero attached hydrogens (tertiary/aromatic N) is 1. The lowest BCUT2D eigenvalue weighted by Gasteiger charge is -2.41. The van der Waals surface area contributed by atoms with Crippen LogP contribution in [0, 0.1) is 5.92 Å². The van der Waals surface area contributed by atoms with E-state index in [4.69, 9.17) is 4.74 Å². The zero-order valence-electron chi connectivity index (χ0n) is 29.0. The number of hydrogen-bond donors (Lipinski definition) is 0. The van der Waals surface area contributed by atoms with Crippen molar-refractivity contribution in [2.45, 2.75) is 18.8 Å². The molecule has 0 saturated carbocycles. The zero-order chi connectivity index (χ0) is 34.6. The maximum atomic E-state index is 6.66. The molecule has 1 atom stereocenters. The molecule has 52 heavy (non-hydrogen) atoms. The molecule has 0 saturated heterocycles. The van der Waals surface area contributed by atoms with Crippen molar-refractivity contribution in [3.63, 3.8) is 0 Å². The van der Waals surface area contributed by atoms with Crippen molar-refractivity contribution in [3.8, 4) is 33.8 Å². The van der Waals surface area contributed by atoms with Crippen molar-refractivity contribution in [2.24, 2.45) is 5.92 Å². The van der Waals surface area contributed by atoms with Gasteiger partial charge in [-0.15, -0.1) is 0 Å². The molecular formula is C50H37NO. The van der Waals surface area contributed by atoms with Crippen molar-refractivity contribution in [1.82, 2.24) is 4.57 Å². The van der Waals surface area contributed by atoms with Crippen LogP contribution in [0.15, 0.2) is 188 Å². The van der Waals surface area contributed by atoms with Crippen LogP contribution in [0.4, 0.5) is 0 Å². The van der Waals surface area contributed by atoms with Crippen LogP contribution in [0.1, 0.15) is 35.6 Å². The van der Waals surface area contributed by atoms with Gasteiger partial charge >= 0.3 is 0 Å². The van der Waals surface area contributed by atoms with Crippen LogP contribution in [0.3, 0.4) is 0 Å². The molecule has 2 heterocycles. The van der Waals surface area contributed by atoms with Gasteiger partial charge in [0, 0.05) is 33.2 Å². The fourth-order valence-corrected chi connectivity index (χ4v) is 8.63. The minimum atomic E-state index is -0.550. The first-order chi connectivity index (χ1) is 25.7. The van der Waals surface area contributed by atoms with Crippen LogP contribution in [0.2, 0.25) is 0 Å². The largest absolute Gasteiger partial charge is 0.457 e. The Morgan fingerprint density at radius 1 is 0.558 bits per heavy atom. The minimum absolute atomic E-state index is 0.550. The molecule has 1 aliphatic heterocycles. The van der Waals surface area contributed by atoms with Crippen LogP contribution >= 0.6 is 0 Å². The SMILES string of the molecule is CC1C=CC(n2c3ccccc3c3cccc(-c4ccc(-c5ccc6c(c5)C(c5ccccc5)(c5ccccc5)c5ccccc5O6)cc4)c32)=CC1. The smallest absolute Gasteiger partial charge is 0.132 e. The number of para-hydroxylation sites is 3. The average molecular weight is 668 g/mol. The van der Waals surface area contributed by atoms with Gasteiger partial charge in [-0.25, -0.2) is 0 Å². The Morgan fingerprint density at radius 3 is 1.94 bits per heavy atom. The molecule has 10 rings (SSSR count). The number of ether oxygens (including phenoxy) is 1. The standard InChI is InChI=1S/C50H37NO/c1-34-23-30-40(31-24-34)51-46-21-10-8-17-42(46)43-19-12-18-41(49(43)51)36-27-25-35(26-28-36)37-29-32-48-45(33-37)50(38-13-4-2-5-14-38,39-15-6-3-7-16-39)44-20-9-11-22-47(44)52-48/h2-23,25-34H,24H2,1H3. The molecule has 2 heteroatoms. The highest BCUT2D eigenvalue weighted by molar-refractivity contribution is 6.14. The Bertz CT molecular complexity index is 2640. The predicted octanol–water partition coefficient (Wildman–Crippen LogP) is 13.1. The van der Waals surface area contributed by atoms with Gasteiger partial charge in [0.05, 0.1) is 16.4 Å². The van der Waals surface area contributed by atoms with Crippen LogP contribution < -0.4 is 4.74 Å². The van der Waals surface area contributed by atoms with E-state index >= 15 is 0 Å². The zero-order valence-corrected chi connectivity index (χ0v) is 29.0. The van der Waals surface area contributed by atoms with Gasteiger partial charge in [0.15, 0.2) is 0 Å². The third kappa shape index (κ3) is 4.64. The summed E-state index contributed by atoms with van der Waals surface area (Å²) in [6, 6.07) is 61.6. The molecular weight excluding hydrogens is 631 g/mol. The summed E-state index contributed by atoms with van der Waals surface area (Å²) in [5.74, 6) is 2.33. The maximum Gasteiger partial charge on any atom is 0.132 e. The molecule has 0 amide bonds. The van der Waals surface area contributed by atoms with Crippen molar-refractivity contribution < 1.29 is 4.74 Å². The molecule has 7 aromatic carbocycles. The van der Waals surface area contributed by atoms with Crippen molar-refractivity contribution in [2.75, 3.05) is 0 Å². The summed E-state index contributed by atoms with van der Waals surface area (Å²) < 4.78 is 9.13. The van der Waals surface area contributed by atoms with Crippen LogP contribution in [-0.2, 0) is 5.41 Å². The van der Waals surface area contributed by atoms with Crippen LogP contribution in [-0.4, -0.2) is 4.57 Å². The fourth-order valence-electron chi connectivity index (χ4n) is 8.63. The van der Waals surface area contributed by atoms with E-state index in [9.17, 15) is 0 Å². The second-order valence-electron chi connectivity index (χ2n) is 14.1. The summed E-state index contributed by atoms with van der Waals surface area (Å²) in [7, 11) is 0. The third-order valence-electron chi connectivity index (χ3n) is 11.1. The van der Waals surface area contributed by atoms with E-state index in [2.05, 4.69) is 200 Å². The van der Waals surface area contributed by atoms with E-state index in [0.717, 1.165) is 34.6 Å². The molecule has 1 aromatic heterocycles. The first-order valence-corrected chi connectivity index (χ1v) is 18.2. The number of aromatic nitrogens is 1. The fraction of sp³-hybridized carbons (Fsp3) is 0.0800. The van der Waals surface area contributed by atoms with E-state index in [1.807, 2.05) is 0 Å². The van der Waals surface area contributed by atoms with Crippen molar-refractivity contribution in [1.29, 1.82) is 0 Å². The molecule has 248 valence electrons. The lowest BCUT2D eigenvalue weighted by Crippen LogP contribution is -2.34. The summed E-state index contributed by atoms with van der Waals surface area (Å²) in [6.45, 7) is 2.28. The minimum Gasteiger partial charge on any atom is -0.457 e. The van der Waals surface area contributed by atoms with Crippen LogP contribution in [0.25, 0.3) is 49.8 Å². The number of rotatable bonds is 5. The van der Waals surface area contributed by atoms with Gasteiger partial charge in [-0.3, -0.25) is 0 Å². The van der Waals surface area contributed by atoms with Gasteiger partial charge in [0.2, 0.25) is 0 Å². The van der Waals surface area contributed by atoms with Gasteiger partial charge in [0.1, 0.15) is 11.5 Å². The molecule has 0 radical (unpaired) electrons. The van der Waals surface area contributed by atoms with Gasteiger partial charge in [-0.1, -0.05) is 165 Å². The molecule has 1 aliphatic carbocycles. The predicted molar refractivity (Wildman–Crippen MR) is 216 cm³/mol. The Balaban J connectivity index is 1.13. The number of hydrogen-bond acceptors (Lipinski definition) is 1. The van der Waals surface area contributed by atoms with E-state index in [1.165, 1.54) is 55.3 Å². The van der Waals surface area contributed by atoms with Gasteiger partial charge in [-0.2, -0.15) is 0 Å². The van der Waals surface area contributed by atoms with Gasteiger partial charge < -0.3 is 9.30 Å².